The molecule has 1 aliphatic heterocycles. The number of aliphatic hydroxyl groups excluding tert-OH is 1. The summed E-state index contributed by atoms with van der Waals surface area (Å²) >= 11 is 1.74. The second-order valence-electron chi connectivity index (χ2n) is 5.12. The first-order valence-electron chi connectivity index (χ1n) is 5.94. The van der Waals surface area contributed by atoms with Gasteiger partial charge in [-0.3, -0.25) is 0 Å². The average molecular weight is 239 g/mol. The van der Waals surface area contributed by atoms with Gasteiger partial charge in [0, 0.05) is 23.1 Å². The van der Waals surface area contributed by atoms with Crippen molar-refractivity contribution in [2.24, 2.45) is 5.41 Å². The monoisotopic (exact) mass is 239 g/mol. The Bertz CT molecular complexity index is 363. The Kier molecular flexibility index (Phi) is 2.73. The van der Waals surface area contributed by atoms with Gasteiger partial charge in [0.25, 0.3) is 0 Å². The zero-order valence-electron chi connectivity index (χ0n) is 9.32. The van der Waals surface area contributed by atoms with Crippen LogP contribution < -0.4 is 0 Å². The van der Waals surface area contributed by atoms with E-state index in [4.69, 9.17) is 9.72 Å². The molecule has 1 aromatic rings. The SMILES string of the molecule is OCC1(Cc2nc(C3CCC3)cs2)COC1. The summed E-state index contributed by atoms with van der Waals surface area (Å²) in [6, 6.07) is 0. The van der Waals surface area contributed by atoms with Crippen molar-refractivity contribution in [2.45, 2.75) is 31.6 Å². The molecular weight excluding hydrogens is 222 g/mol. The van der Waals surface area contributed by atoms with Gasteiger partial charge in [-0.25, -0.2) is 4.98 Å². The number of rotatable bonds is 4. The smallest absolute Gasteiger partial charge is 0.0936 e. The molecule has 88 valence electrons. The van der Waals surface area contributed by atoms with E-state index in [0.717, 1.165) is 6.42 Å². The minimum absolute atomic E-state index is 0.0330. The fourth-order valence-electron chi connectivity index (χ4n) is 2.26. The molecule has 0 spiro atoms. The van der Waals surface area contributed by atoms with Crippen LogP contribution in [0.2, 0.25) is 0 Å². The molecule has 2 heterocycles. The zero-order chi connectivity index (χ0) is 11.0. The van der Waals surface area contributed by atoms with Crippen LogP contribution in [0.15, 0.2) is 5.38 Å². The number of aliphatic hydroxyl groups is 1. The topological polar surface area (TPSA) is 42.4 Å². The number of hydrogen-bond acceptors (Lipinski definition) is 4. The van der Waals surface area contributed by atoms with E-state index < -0.39 is 0 Å². The summed E-state index contributed by atoms with van der Waals surface area (Å²) in [6.07, 6.45) is 4.84. The van der Waals surface area contributed by atoms with Gasteiger partial charge in [0.15, 0.2) is 0 Å². The van der Waals surface area contributed by atoms with Gasteiger partial charge in [-0.2, -0.15) is 0 Å². The normalized spacial score (nSPS) is 23.8. The van der Waals surface area contributed by atoms with Gasteiger partial charge in [-0.15, -0.1) is 11.3 Å². The van der Waals surface area contributed by atoms with Crippen LogP contribution >= 0.6 is 11.3 Å². The van der Waals surface area contributed by atoms with Crippen molar-refractivity contribution < 1.29 is 9.84 Å². The van der Waals surface area contributed by atoms with Crippen molar-refractivity contribution in [2.75, 3.05) is 19.8 Å². The maximum Gasteiger partial charge on any atom is 0.0936 e. The third-order valence-electron chi connectivity index (χ3n) is 3.77. The average Bonchev–Trinajstić information content (AvgIpc) is 2.57. The van der Waals surface area contributed by atoms with Crippen LogP contribution in [0.4, 0.5) is 0 Å². The van der Waals surface area contributed by atoms with Crippen molar-refractivity contribution in [1.29, 1.82) is 0 Å². The van der Waals surface area contributed by atoms with Crippen LogP contribution in [-0.2, 0) is 11.2 Å². The van der Waals surface area contributed by atoms with E-state index >= 15 is 0 Å². The molecule has 0 bridgehead atoms. The first-order chi connectivity index (χ1) is 7.81. The van der Waals surface area contributed by atoms with Gasteiger partial charge in [-0.1, -0.05) is 6.42 Å². The molecule has 0 aromatic carbocycles. The molecule has 0 atom stereocenters. The van der Waals surface area contributed by atoms with Crippen LogP contribution in [0.25, 0.3) is 0 Å². The van der Waals surface area contributed by atoms with E-state index in [1.165, 1.54) is 30.0 Å². The summed E-state index contributed by atoms with van der Waals surface area (Å²) in [5.41, 5.74) is 1.24. The Morgan fingerprint density at radius 3 is 2.81 bits per heavy atom. The van der Waals surface area contributed by atoms with Gasteiger partial charge < -0.3 is 9.84 Å². The molecule has 2 fully saturated rings. The predicted octanol–water partition coefficient (Wildman–Crippen LogP) is 1.96. The summed E-state index contributed by atoms with van der Waals surface area (Å²) in [5.74, 6) is 0.715. The Morgan fingerprint density at radius 2 is 2.31 bits per heavy atom. The predicted molar refractivity (Wildman–Crippen MR) is 62.7 cm³/mol. The lowest BCUT2D eigenvalue weighted by molar-refractivity contribution is -0.136. The molecular formula is C12H17NO2S. The molecule has 1 saturated heterocycles. The van der Waals surface area contributed by atoms with E-state index in [2.05, 4.69) is 5.38 Å². The molecule has 16 heavy (non-hydrogen) atoms. The van der Waals surface area contributed by atoms with Crippen molar-refractivity contribution in [1.82, 2.24) is 4.98 Å². The number of nitrogens with zero attached hydrogens (tertiary/aromatic N) is 1. The minimum atomic E-state index is -0.0330. The summed E-state index contributed by atoms with van der Waals surface area (Å²) in [7, 11) is 0. The molecule has 0 unspecified atom stereocenters. The second-order valence-corrected chi connectivity index (χ2v) is 6.06. The lowest BCUT2D eigenvalue weighted by Crippen LogP contribution is -2.47. The summed E-state index contributed by atoms with van der Waals surface area (Å²) in [4.78, 5) is 4.70. The molecule has 1 N–H and O–H groups in total. The minimum Gasteiger partial charge on any atom is -0.396 e. The highest BCUT2D eigenvalue weighted by Crippen LogP contribution is 2.38. The summed E-state index contributed by atoms with van der Waals surface area (Å²) in [5, 5.41) is 12.7. The van der Waals surface area contributed by atoms with Gasteiger partial charge >= 0.3 is 0 Å². The lowest BCUT2D eigenvalue weighted by Gasteiger charge is -2.39. The number of ether oxygens (including phenoxy) is 1. The largest absolute Gasteiger partial charge is 0.396 e. The standard InChI is InChI=1S/C12H17NO2S/c14-6-12(7-15-8-12)4-11-13-10(5-16-11)9-2-1-3-9/h5,9,14H,1-4,6-8H2. The maximum atomic E-state index is 9.37. The Hall–Kier alpha value is -0.450. The van der Waals surface area contributed by atoms with Crippen molar-refractivity contribution >= 4 is 11.3 Å². The van der Waals surface area contributed by atoms with Crippen LogP contribution in [0.3, 0.4) is 0 Å². The lowest BCUT2D eigenvalue weighted by atomic mass is 9.83. The van der Waals surface area contributed by atoms with E-state index in [9.17, 15) is 5.11 Å². The van der Waals surface area contributed by atoms with Gasteiger partial charge in [0.1, 0.15) is 0 Å². The highest BCUT2D eigenvalue weighted by Gasteiger charge is 2.39. The molecule has 1 aliphatic carbocycles. The number of aromatic nitrogens is 1. The number of thiazole rings is 1. The maximum absolute atomic E-state index is 9.37. The van der Waals surface area contributed by atoms with Gasteiger partial charge in [-0.05, 0) is 12.8 Å². The highest BCUT2D eigenvalue weighted by atomic mass is 32.1. The first kappa shape index (κ1) is 10.7. The van der Waals surface area contributed by atoms with Crippen LogP contribution in [0.1, 0.15) is 35.9 Å². The molecule has 4 heteroatoms. The first-order valence-corrected chi connectivity index (χ1v) is 6.82. The molecule has 0 radical (unpaired) electrons. The van der Waals surface area contributed by atoms with Crippen molar-refractivity contribution in [3.63, 3.8) is 0 Å². The van der Waals surface area contributed by atoms with Crippen LogP contribution in [0, 0.1) is 5.41 Å². The third-order valence-corrected chi connectivity index (χ3v) is 4.64. The summed E-state index contributed by atoms with van der Waals surface area (Å²) in [6.45, 7) is 1.58. The van der Waals surface area contributed by atoms with Crippen LogP contribution in [0.5, 0.6) is 0 Å². The fraction of sp³-hybridized carbons (Fsp3) is 0.750. The van der Waals surface area contributed by atoms with Crippen molar-refractivity contribution in [3.05, 3.63) is 16.1 Å². The molecule has 1 saturated carbocycles. The Labute approximate surface area is 99.5 Å². The van der Waals surface area contributed by atoms with Gasteiger partial charge in [0.05, 0.1) is 30.5 Å². The summed E-state index contributed by atoms with van der Waals surface area (Å²) < 4.78 is 5.20. The van der Waals surface area contributed by atoms with E-state index in [1.54, 1.807) is 11.3 Å². The Balaban J connectivity index is 1.67. The van der Waals surface area contributed by atoms with E-state index in [0.29, 0.717) is 19.1 Å². The molecule has 2 aliphatic rings. The second kappa shape index (κ2) is 4.09. The quantitative estimate of drug-likeness (QED) is 0.873. The Morgan fingerprint density at radius 1 is 1.50 bits per heavy atom. The van der Waals surface area contributed by atoms with Gasteiger partial charge in [0.2, 0.25) is 0 Å². The van der Waals surface area contributed by atoms with E-state index in [-0.39, 0.29) is 12.0 Å². The van der Waals surface area contributed by atoms with Crippen molar-refractivity contribution in [3.8, 4) is 0 Å². The number of hydrogen-bond donors (Lipinski definition) is 1. The molecule has 3 rings (SSSR count). The zero-order valence-corrected chi connectivity index (χ0v) is 10.1. The van der Waals surface area contributed by atoms with Crippen LogP contribution in [-0.4, -0.2) is 29.9 Å². The molecule has 0 amide bonds. The highest BCUT2D eigenvalue weighted by molar-refractivity contribution is 7.09. The van der Waals surface area contributed by atoms with E-state index in [1.807, 2.05) is 0 Å². The third kappa shape index (κ3) is 1.79. The molecule has 3 nitrogen and oxygen atoms in total. The fourth-order valence-corrected chi connectivity index (χ4v) is 3.31. The molecule has 1 aromatic heterocycles.